The Balaban J connectivity index is 2.31. The highest BCUT2D eigenvalue weighted by Gasteiger charge is 2.21. The van der Waals surface area contributed by atoms with Gasteiger partial charge in [-0.1, -0.05) is 23.8 Å². The fourth-order valence-corrected chi connectivity index (χ4v) is 1.12. The maximum Gasteiger partial charge on any atom is 0.160 e. The number of allylic oxidation sites excluding steroid dienone is 4. The summed E-state index contributed by atoms with van der Waals surface area (Å²) in [6.45, 7) is -1.23. The standard InChI is InChI=1S/C9H11F3/c10-6-9(12)8(11)5-7-3-1-2-4-7/h1-3,8-9H,4-6H2. The van der Waals surface area contributed by atoms with E-state index in [-0.39, 0.29) is 6.42 Å². The summed E-state index contributed by atoms with van der Waals surface area (Å²) in [6, 6.07) is 0. The molecule has 0 aromatic carbocycles. The number of halogens is 3. The third kappa shape index (κ3) is 2.40. The van der Waals surface area contributed by atoms with Crippen LogP contribution in [-0.4, -0.2) is 19.0 Å². The molecule has 2 atom stereocenters. The Bertz CT molecular complexity index is 196. The van der Waals surface area contributed by atoms with Gasteiger partial charge in [-0.2, -0.15) is 0 Å². The summed E-state index contributed by atoms with van der Waals surface area (Å²) in [5.74, 6) is 0. The highest BCUT2D eigenvalue weighted by molar-refractivity contribution is 5.23. The summed E-state index contributed by atoms with van der Waals surface area (Å²) >= 11 is 0. The first-order chi connectivity index (χ1) is 5.74. The van der Waals surface area contributed by atoms with Gasteiger partial charge in [-0.15, -0.1) is 0 Å². The molecule has 0 spiro atoms. The molecule has 0 nitrogen and oxygen atoms in total. The van der Waals surface area contributed by atoms with Crippen molar-refractivity contribution in [3.63, 3.8) is 0 Å². The molecule has 68 valence electrons. The molecule has 0 heterocycles. The van der Waals surface area contributed by atoms with Crippen molar-refractivity contribution in [3.05, 3.63) is 23.8 Å². The first-order valence-electron chi connectivity index (χ1n) is 3.92. The molecule has 0 amide bonds. The normalized spacial score (nSPS) is 20.8. The van der Waals surface area contributed by atoms with E-state index in [0.717, 1.165) is 5.57 Å². The Morgan fingerprint density at radius 1 is 1.33 bits per heavy atom. The van der Waals surface area contributed by atoms with Crippen LogP contribution in [0, 0.1) is 0 Å². The van der Waals surface area contributed by atoms with Crippen LogP contribution in [-0.2, 0) is 0 Å². The van der Waals surface area contributed by atoms with E-state index in [0.29, 0.717) is 6.42 Å². The van der Waals surface area contributed by atoms with Crippen LogP contribution in [0.15, 0.2) is 23.8 Å². The van der Waals surface area contributed by atoms with Crippen molar-refractivity contribution >= 4 is 0 Å². The quantitative estimate of drug-likeness (QED) is 0.617. The third-order valence-electron chi connectivity index (χ3n) is 1.85. The zero-order valence-corrected chi connectivity index (χ0v) is 6.64. The summed E-state index contributed by atoms with van der Waals surface area (Å²) in [7, 11) is 0. The van der Waals surface area contributed by atoms with Crippen LogP contribution in [0.5, 0.6) is 0 Å². The van der Waals surface area contributed by atoms with Crippen LogP contribution in [0.25, 0.3) is 0 Å². The highest BCUT2D eigenvalue weighted by Crippen LogP contribution is 2.20. The van der Waals surface area contributed by atoms with Gasteiger partial charge in [0.25, 0.3) is 0 Å². The van der Waals surface area contributed by atoms with Crippen LogP contribution >= 0.6 is 0 Å². The molecule has 0 aromatic heterocycles. The molecule has 0 aromatic rings. The van der Waals surface area contributed by atoms with E-state index in [1.165, 1.54) is 0 Å². The minimum atomic E-state index is -1.97. The molecular formula is C9H11F3. The molecule has 3 heteroatoms. The molecule has 0 bridgehead atoms. The monoisotopic (exact) mass is 176 g/mol. The Morgan fingerprint density at radius 3 is 2.58 bits per heavy atom. The lowest BCUT2D eigenvalue weighted by atomic mass is 10.1. The lowest BCUT2D eigenvalue weighted by molar-refractivity contribution is 0.137. The zero-order chi connectivity index (χ0) is 8.97. The van der Waals surface area contributed by atoms with E-state index < -0.39 is 19.0 Å². The van der Waals surface area contributed by atoms with Crippen molar-refractivity contribution in [2.75, 3.05) is 6.67 Å². The van der Waals surface area contributed by atoms with Gasteiger partial charge in [0.05, 0.1) is 0 Å². The van der Waals surface area contributed by atoms with Crippen LogP contribution in [0.1, 0.15) is 12.8 Å². The fourth-order valence-electron chi connectivity index (χ4n) is 1.12. The van der Waals surface area contributed by atoms with E-state index in [2.05, 4.69) is 0 Å². The van der Waals surface area contributed by atoms with E-state index in [1.54, 1.807) is 12.2 Å². The summed E-state index contributed by atoms with van der Waals surface area (Å²) < 4.78 is 36.8. The number of hydrogen-bond acceptors (Lipinski definition) is 0. The van der Waals surface area contributed by atoms with Gasteiger partial charge in [-0.3, -0.25) is 0 Å². The fraction of sp³-hybridized carbons (Fsp3) is 0.556. The van der Waals surface area contributed by atoms with E-state index in [1.807, 2.05) is 6.08 Å². The maximum absolute atomic E-state index is 12.8. The first kappa shape index (κ1) is 9.36. The van der Waals surface area contributed by atoms with Crippen molar-refractivity contribution < 1.29 is 13.2 Å². The molecule has 1 aliphatic carbocycles. The summed E-state index contributed by atoms with van der Waals surface area (Å²) in [4.78, 5) is 0. The van der Waals surface area contributed by atoms with Gasteiger partial charge < -0.3 is 0 Å². The van der Waals surface area contributed by atoms with E-state index >= 15 is 0 Å². The molecule has 0 aliphatic heterocycles. The van der Waals surface area contributed by atoms with Crippen LogP contribution < -0.4 is 0 Å². The third-order valence-corrected chi connectivity index (χ3v) is 1.85. The van der Waals surface area contributed by atoms with Gasteiger partial charge >= 0.3 is 0 Å². The Hall–Kier alpha value is -0.730. The average molecular weight is 176 g/mol. The topological polar surface area (TPSA) is 0 Å². The second kappa shape index (κ2) is 4.33. The average Bonchev–Trinajstić information content (AvgIpc) is 2.55. The summed E-state index contributed by atoms with van der Waals surface area (Å²) in [5, 5.41) is 0. The largest absolute Gasteiger partial charge is 0.248 e. The van der Waals surface area contributed by atoms with Crippen LogP contribution in [0.4, 0.5) is 13.2 Å². The minimum absolute atomic E-state index is 0.0120. The van der Waals surface area contributed by atoms with E-state index in [9.17, 15) is 13.2 Å². The number of hydrogen-bond donors (Lipinski definition) is 0. The van der Waals surface area contributed by atoms with Crippen molar-refractivity contribution in [2.45, 2.75) is 25.2 Å². The van der Waals surface area contributed by atoms with Crippen LogP contribution in [0.2, 0.25) is 0 Å². The van der Waals surface area contributed by atoms with Crippen molar-refractivity contribution in [3.8, 4) is 0 Å². The maximum atomic E-state index is 12.8. The lowest BCUT2D eigenvalue weighted by Gasteiger charge is -2.10. The second-order valence-electron chi connectivity index (χ2n) is 2.85. The lowest BCUT2D eigenvalue weighted by Crippen LogP contribution is -2.19. The molecule has 0 saturated heterocycles. The van der Waals surface area contributed by atoms with Gasteiger partial charge in [-0.05, 0) is 6.42 Å². The highest BCUT2D eigenvalue weighted by atomic mass is 19.2. The predicted molar refractivity (Wildman–Crippen MR) is 42.2 cm³/mol. The molecule has 0 N–H and O–H groups in total. The molecule has 0 radical (unpaired) electrons. The number of rotatable bonds is 4. The van der Waals surface area contributed by atoms with Gasteiger partial charge in [0, 0.05) is 6.42 Å². The van der Waals surface area contributed by atoms with E-state index in [4.69, 9.17) is 0 Å². The summed E-state index contributed by atoms with van der Waals surface area (Å²) in [6.07, 6.45) is 2.43. The molecule has 1 aliphatic rings. The van der Waals surface area contributed by atoms with Crippen molar-refractivity contribution in [2.24, 2.45) is 0 Å². The van der Waals surface area contributed by atoms with Crippen molar-refractivity contribution in [1.82, 2.24) is 0 Å². The van der Waals surface area contributed by atoms with Crippen molar-refractivity contribution in [1.29, 1.82) is 0 Å². The van der Waals surface area contributed by atoms with Gasteiger partial charge in [0.2, 0.25) is 0 Å². The molecule has 0 saturated carbocycles. The minimum Gasteiger partial charge on any atom is -0.248 e. The Morgan fingerprint density at radius 2 is 2.08 bits per heavy atom. The summed E-state index contributed by atoms with van der Waals surface area (Å²) in [5.41, 5.74) is 0.832. The molecule has 12 heavy (non-hydrogen) atoms. The smallest absolute Gasteiger partial charge is 0.160 e. The Kier molecular flexibility index (Phi) is 3.38. The second-order valence-corrected chi connectivity index (χ2v) is 2.85. The molecule has 0 fully saturated rings. The predicted octanol–water partition coefficient (Wildman–Crippen LogP) is 2.91. The zero-order valence-electron chi connectivity index (χ0n) is 6.64. The van der Waals surface area contributed by atoms with Gasteiger partial charge in [0.1, 0.15) is 12.8 Å². The Labute approximate surface area is 69.8 Å². The molecule has 1 rings (SSSR count). The van der Waals surface area contributed by atoms with Crippen LogP contribution in [0.3, 0.4) is 0 Å². The van der Waals surface area contributed by atoms with Gasteiger partial charge in [-0.25, -0.2) is 13.2 Å². The molecule has 2 unspecified atom stereocenters. The SMILES string of the molecule is FCC(F)C(F)CC1=CC=CC1. The molecular weight excluding hydrogens is 165 g/mol. The first-order valence-corrected chi connectivity index (χ1v) is 3.92. The number of alkyl halides is 3. The van der Waals surface area contributed by atoms with Gasteiger partial charge in [0.15, 0.2) is 6.17 Å².